The van der Waals surface area contributed by atoms with Crippen LogP contribution in [0.25, 0.3) is 0 Å². The molecule has 16 heavy (non-hydrogen) atoms. The average Bonchev–Trinajstić information content (AvgIpc) is 2.70. The monoisotopic (exact) mass is 284 g/mol. The van der Waals surface area contributed by atoms with Gasteiger partial charge in [-0.25, -0.2) is 0 Å². The van der Waals surface area contributed by atoms with Crippen molar-refractivity contribution >= 4 is 27.5 Å². The molecule has 1 aromatic carbocycles. The maximum atomic E-state index is 11.2. The molecular formula is C11H13BrN2O2. The fraction of sp³-hybridized carbons (Fsp3) is 0.364. The van der Waals surface area contributed by atoms with E-state index in [1.165, 1.54) is 0 Å². The van der Waals surface area contributed by atoms with Gasteiger partial charge in [-0.2, -0.15) is 0 Å². The second-order valence-corrected chi connectivity index (χ2v) is 4.67. The molecule has 0 aliphatic carbocycles. The third-order valence-corrected chi connectivity index (χ3v) is 3.03. The van der Waals surface area contributed by atoms with E-state index in [4.69, 9.17) is 10.5 Å². The second kappa shape index (κ2) is 4.84. The van der Waals surface area contributed by atoms with E-state index in [2.05, 4.69) is 21.2 Å². The number of nitrogens with two attached hydrogens (primary N) is 1. The summed E-state index contributed by atoms with van der Waals surface area (Å²) in [5, 5.41) is 3.28. The molecule has 1 fully saturated rings. The molecule has 1 heterocycles. The van der Waals surface area contributed by atoms with Crippen molar-refractivity contribution in [2.75, 3.05) is 18.5 Å². The lowest BCUT2D eigenvalue weighted by Crippen LogP contribution is -2.22. The predicted molar refractivity (Wildman–Crippen MR) is 65.5 cm³/mol. The van der Waals surface area contributed by atoms with Gasteiger partial charge in [0.15, 0.2) is 0 Å². The van der Waals surface area contributed by atoms with E-state index in [0.717, 1.165) is 23.2 Å². The van der Waals surface area contributed by atoms with Crippen LogP contribution in [0.3, 0.4) is 0 Å². The predicted octanol–water partition coefficient (Wildman–Crippen LogP) is 1.75. The molecule has 1 aliphatic heterocycles. The van der Waals surface area contributed by atoms with Crippen LogP contribution in [0.1, 0.15) is 16.8 Å². The molecule has 1 amide bonds. The Kier molecular flexibility index (Phi) is 3.46. The highest BCUT2D eigenvalue weighted by molar-refractivity contribution is 9.10. The zero-order chi connectivity index (χ0) is 11.5. The number of hydrogen-bond donors (Lipinski definition) is 2. The topological polar surface area (TPSA) is 64.4 Å². The van der Waals surface area contributed by atoms with Gasteiger partial charge in [-0.05, 0) is 24.6 Å². The fourth-order valence-electron chi connectivity index (χ4n) is 1.72. The Balaban J connectivity index is 2.22. The molecule has 86 valence electrons. The molecule has 0 spiro atoms. The third-order valence-electron chi connectivity index (χ3n) is 2.54. The van der Waals surface area contributed by atoms with Gasteiger partial charge in [-0.1, -0.05) is 15.9 Å². The van der Waals surface area contributed by atoms with E-state index in [-0.39, 0.29) is 6.04 Å². The molecule has 3 N–H and O–H groups in total. The lowest BCUT2D eigenvalue weighted by Gasteiger charge is -2.15. The molecule has 1 unspecified atom stereocenters. The van der Waals surface area contributed by atoms with E-state index in [0.29, 0.717) is 12.2 Å². The van der Waals surface area contributed by atoms with E-state index in [1.54, 1.807) is 12.1 Å². The van der Waals surface area contributed by atoms with E-state index in [9.17, 15) is 4.79 Å². The van der Waals surface area contributed by atoms with Crippen molar-refractivity contribution in [2.24, 2.45) is 5.73 Å². The quantitative estimate of drug-likeness (QED) is 0.889. The van der Waals surface area contributed by atoms with Gasteiger partial charge in [0.1, 0.15) is 0 Å². The van der Waals surface area contributed by atoms with Gasteiger partial charge in [0, 0.05) is 16.8 Å². The number of amides is 1. The van der Waals surface area contributed by atoms with Gasteiger partial charge in [0.05, 0.1) is 18.2 Å². The molecule has 2 rings (SSSR count). The number of hydrogen-bond acceptors (Lipinski definition) is 3. The molecular weight excluding hydrogens is 272 g/mol. The standard InChI is InChI=1S/C11H13BrN2O2/c12-7-1-2-9(11(13)15)10(5-7)14-8-3-4-16-6-8/h1-2,5,8,14H,3-4,6H2,(H2,13,15). The molecule has 0 aromatic heterocycles. The van der Waals surface area contributed by atoms with Crippen molar-refractivity contribution in [3.05, 3.63) is 28.2 Å². The Morgan fingerprint density at radius 2 is 2.38 bits per heavy atom. The van der Waals surface area contributed by atoms with Crippen LogP contribution in [0.5, 0.6) is 0 Å². The van der Waals surface area contributed by atoms with Crippen molar-refractivity contribution < 1.29 is 9.53 Å². The number of carbonyl (C=O) groups excluding carboxylic acids is 1. The molecule has 4 nitrogen and oxygen atoms in total. The normalized spacial score (nSPS) is 19.7. The maximum Gasteiger partial charge on any atom is 0.250 e. The molecule has 1 aliphatic rings. The Morgan fingerprint density at radius 1 is 1.56 bits per heavy atom. The lowest BCUT2D eigenvalue weighted by atomic mass is 10.1. The average molecular weight is 285 g/mol. The molecule has 1 atom stereocenters. The first-order chi connectivity index (χ1) is 7.66. The lowest BCUT2D eigenvalue weighted by molar-refractivity contribution is 0.100. The van der Waals surface area contributed by atoms with Crippen LogP contribution < -0.4 is 11.1 Å². The Morgan fingerprint density at radius 3 is 3.00 bits per heavy atom. The minimum atomic E-state index is -0.422. The largest absolute Gasteiger partial charge is 0.379 e. The van der Waals surface area contributed by atoms with Crippen LogP contribution in [0.15, 0.2) is 22.7 Å². The molecule has 1 aromatic rings. The summed E-state index contributed by atoms with van der Waals surface area (Å²) < 4.78 is 6.19. The minimum absolute atomic E-state index is 0.257. The number of ether oxygens (including phenoxy) is 1. The smallest absolute Gasteiger partial charge is 0.250 e. The summed E-state index contributed by atoms with van der Waals surface area (Å²) in [6, 6.07) is 5.63. The number of benzene rings is 1. The molecule has 0 bridgehead atoms. The number of rotatable bonds is 3. The summed E-state index contributed by atoms with van der Waals surface area (Å²) in [6.07, 6.45) is 0.949. The highest BCUT2D eigenvalue weighted by atomic mass is 79.9. The summed E-state index contributed by atoms with van der Waals surface area (Å²) in [7, 11) is 0. The first-order valence-corrected chi connectivity index (χ1v) is 5.90. The first-order valence-electron chi connectivity index (χ1n) is 5.10. The van der Waals surface area contributed by atoms with Crippen molar-refractivity contribution in [1.29, 1.82) is 0 Å². The zero-order valence-electron chi connectivity index (χ0n) is 8.70. The summed E-state index contributed by atoms with van der Waals surface area (Å²) in [4.78, 5) is 11.2. The first kappa shape index (κ1) is 11.4. The summed E-state index contributed by atoms with van der Waals surface area (Å²) >= 11 is 3.37. The highest BCUT2D eigenvalue weighted by Crippen LogP contribution is 2.23. The van der Waals surface area contributed by atoms with Gasteiger partial charge in [0.25, 0.3) is 5.91 Å². The molecule has 1 saturated heterocycles. The van der Waals surface area contributed by atoms with Crippen molar-refractivity contribution in [3.8, 4) is 0 Å². The second-order valence-electron chi connectivity index (χ2n) is 3.76. The molecule has 0 radical (unpaired) electrons. The number of primary amides is 1. The van der Waals surface area contributed by atoms with Crippen LogP contribution >= 0.6 is 15.9 Å². The van der Waals surface area contributed by atoms with Crippen LogP contribution in [0.2, 0.25) is 0 Å². The van der Waals surface area contributed by atoms with Gasteiger partial charge in [-0.3, -0.25) is 4.79 Å². The van der Waals surface area contributed by atoms with E-state index >= 15 is 0 Å². The van der Waals surface area contributed by atoms with Crippen molar-refractivity contribution in [2.45, 2.75) is 12.5 Å². The van der Waals surface area contributed by atoms with Gasteiger partial charge in [0.2, 0.25) is 0 Å². The van der Waals surface area contributed by atoms with Crippen LogP contribution in [0.4, 0.5) is 5.69 Å². The van der Waals surface area contributed by atoms with Gasteiger partial charge < -0.3 is 15.8 Å². The summed E-state index contributed by atoms with van der Waals surface area (Å²) in [5.41, 5.74) is 6.58. The number of halogens is 1. The number of nitrogens with one attached hydrogen (secondary N) is 1. The number of carbonyl (C=O) groups is 1. The van der Waals surface area contributed by atoms with Crippen LogP contribution in [0, 0.1) is 0 Å². The Hall–Kier alpha value is -1.07. The highest BCUT2D eigenvalue weighted by Gasteiger charge is 2.17. The minimum Gasteiger partial charge on any atom is -0.379 e. The molecule has 5 heteroatoms. The van der Waals surface area contributed by atoms with Gasteiger partial charge in [-0.15, -0.1) is 0 Å². The van der Waals surface area contributed by atoms with Crippen molar-refractivity contribution in [3.63, 3.8) is 0 Å². The number of anilines is 1. The maximum absolute atomic E-state index is 11.2. The van der Waals surface area contributed by atoms with Crippen LogP contribution in [-0.4, -0.2) is 25.2 Å². The summed E-state index contributed by atoms with van der Waals surface area (Å²) in [5.74, 6) is -0.422. The third kappa shape index (κ3) is 2.54. The zero-order valence-corrected chi connectivity index (χ0v) is 10.3. The van der Waals surface area contributed by atoms with Crippen LogP contribution in [-0.2, 0) is 4.74 Å². The van der Waals surface area contributed by atoms with E-state index in [1.807, 2.05) is 6.07 Å². The Labute approximate surface area is 102 Å². The fourth-order valence-corrected chi connectivity index (χ4v) is 2.08. The van der Waals surface area contributed by atoms with Crippen molar-refractivity contribution in [1.82, 2.24) is 0 Å². The van der Waals surface area contributed by atoms with E-state index < -0.39 is 5.91 Å². The Bertz CT molecular complexity index is 403. The van der Waals surface area contributed by atoms with Gasteiger partial charge >= 0.3 is 0 Å². The summed E-state index contributed by atoms with van der Waals surface area (Å²) in [6.45, 7) is 1.43. The molecule has 0 saturated carbocycles. The SMILES string of the molecule is NC(=O)c1ccc(Br)cc1NC1CCOC1.